The highest BCUT2D eigenvalue weighted by molar-refractivity contribution is 7.09. The van der Waals surface area contributed by atoms with E-state index in [0.717, 1.165) is 19.3 Å². The van der Waals surface area contributed by atoms with Gasteiger partial charge in [0.2, 0.25) is 0 Å². The van der Waals surface area contributed by atoms with Crippen molar-refractivity contribution in [1.29, 1.82) is 0 Å². The number of hydrazine groups is 1. The summed E-state index contributed by atoms with van der Waals surface area (Å²) in [5.74, 6) is 5.73. The molecule has 3 rings (SSSR count). The van der Waals surface area contributed by atoms with Crippen molar-refractivity contribution in [3.63, 3.8) is 0 Å². The summed E-state index contributed by atoms with van der Waals surface area (Å²) in [6, 6.07) is 19.7. The fourth-order valence-corrected chi connectivity index (χ4v) is 3.39. The zero-order chi connectivity index (χ0) is 14.5. The first-order chi connectivity index (χ1) is 10.3. The van der Waals surface area contributed by atoms with Crippen molar-refractivity contribution in [2.24, 2.45) is 5.84 Å². The molecule has 2 nitrogen and oxygen atoms in total. The van der Waals surface area contributed by atoms with Gasteiger partial charge in [0.05, 0.1) is 0 Å². The second-order valence-corrected chi connectivity index (χ2v) is 6.40. The first kappa shape index (κ1) is 14.3. The molecule has 0 aliphatic carbocycles. The van der Waals surface area contributed by atoms with Gasteiger partial charge in [-0.15, -0.1) is 11.3 Å². The van der Waals surface area contributed by atoms with Gasteiger partial charge in [0.15, 0.2) is 0 Å². The molecule has 1 heterocycles. The summed E-state index contributed by atoms with van der Waals surface area (Å²) in [6.45, 7) is 0. The summed E-state index contributed by atoms with van der Waals surface area (Å²) >= 11 is 1.81. The zero-order valence-corrected chi connectivity index (χ0v) is 12.8. The Morgan fingerprint density at radius 1 is 1.00 bits per heavy atom. The lowest BCUT2D eigenvalue weighted by molar-refractivity contribution is 0.493. The molecule has 0 aliphatic rings. The average molecular weight is 296 g/mol. The van der Waals surface area contributed by atoms with Crippen LogP contribution < -0.4 is 11.3 Å². The van der Waals surface area contributed by atoms with Crippen LogP contribution in [0, 0.1) is 0 Å². The summed E-state index contributed by atoms with van der Waals surface area (Å²) in [5.41, 5.74) is 4.30. The Morgan fingerprint density at radius 3 is 2.62 bits per heavy atom. The van der Waals surface area contributed by atoms with Gasteiger partial charge in [-0.1, -0.05) is 48.5 Å². The largest absolute Gasteiger partial charge is 0.271 e. The third-order valence-corrected chi connectivity index (χ3v) is 4.79. The molecule has 0 fully saturated rings. The number of benzene rings is 2. The molecule has 1 unspecified atom stereocenters. The van der Waals surface area contributed by atoms with Crippen LogP contribution >= 0.6 is 11.3 Å². The smallest absolute Gasteiger partial charge is 0.0254 e. The highest BCUT2D eigenvalue weighted by Gasteiger charge is 2.09. The second-order valence-electron chi connectivity index (χ2n) is 5.37. The Bertz CT molecular complexity index is 691. The Balaban J connectivity index is 1.67. The van der Waals surface area contributed by atoms with Gasteiger partial charge in [0.1, 0.15) is 0 Å². The number of nitrogens with one attached hydrogen (secondary N) is 1. The number of hydrogen-bond acceptors (Lipinski definition) is 3. The highest BCUT2D eigenvalue weighted by Crippen LogP contribution is 2.18. The Kier molecular flexibility index (Phi) is 4.65. The molecule has 0 bridgehead atoms. The Labute approximate surface area is 129 Å². The Morgan fingerprint density at radius 2 is 1.86 bits per heavy atom. The minimum absolute atomic E-state index is 0.313. The fourth-order valence-electron chi connectivity index (χ4n) is 2.67. The molecule has 108 valence electrons. The molecule has 0 amide bonds. The first-order valence-electron chi connectivity index (χ1n) is 7.31. The van der Waals surface area contributed by atoms with E-state index >= 15 is 0 Å². The lowest BCUT2D eigenvalue weighted by Gasteiger charge is -2.16. The van der Waals surface area contributed by atoms with E-state index in [4.69, 9.17) is 5.84 Å². The van der Waals surface area contributed by atoms with Crippen molar-refractivity contribution in [2.45, 2.75) is 25.3 Å². The standard InChI is InChI=1S/C18H20N2S/c19-20-17(9-10-18-6-3-11-21-18)13-14-7-8-15-4-1-2-5-16(15)12-14/h1-8,11-12,17,20H,9-10,13,19H2. The normalized spacial score (nSPS) is 12.6. The van der Waals surface area contributed by atoms with E-state index in [1.165, 1.54) is 21.2 Å². The topological polar surface area (TPSA) is 38.0 Å². The van der Waals surface area contributed by atoms with Crippen LogP contribution in [-0.2, 0) is 12.8 Å². The predicted octanol–water partition coefficient (Wildman–Crippen LogP) is 3.91. The van der Waals surface area contributed by atoms with Crippen molar-refractivity contribution in [3.05, 3.63) is 70.4 Å². The molecule has 0 radical (unpaired) electrons. The van der Waals surface area contributed by atoms with E-state index in [9.17, 15) is 0 Å². The number of nitrogens with two attached hydrogens (primary N) is 1. The Hall–Kier alpha value is -1.68. The van der Waals surface area contributed by atoms with Gasteiger partial charge in [-0.3, -0.25) is 11.3 Å². The van der Waals surface area contributed by atoms with Gasteiger partial charge >= 0.3 is 0 Å². The molecule has 0 aliphatic heterocycles. The summed E-state index contributed by atoms with van der Waals surface area (Å²) in [7, 11) is 0. The highest BCUT2D eigenvalue weighted by atomic mass is 32.1. The van der Waals surface area contributed by atoms with E-state index < -0.39 is 0 Å². The van der Waals surface area contributed by atoms with Gasteiger partial charge < -0.3 is 0 Å². The molecule has 0 saturated carbocycles. The molecule has 0 spiro atoms. The molecule has 21 heavy (non-hydrogen) atoms. The van der Waals surface area contributed by atoms with Crippen LogP contribution in [0.5, 0.6) is 0 Å². The van der Waals surface area contributed by atoms with Crippen LogP contribution in [0.4, 0.5) is 0 Å². The molecule has 3 aromatic rings. The van der Waals surface area contributed by atoms with Crippen molar-refractivity contribution in [2.75, 3.05) is 0 Å². The SMILES string of the molecule is NNC(CCc1cccs1)Cc1ccc2ccccc2c1. The second kappa shape index (κ2) is 6.85. The fraction of sp³-hybridized carbons (Fsp3) is 0.222. The first-order valence-corrected chi connectivity index (χ1v) is 8.19. The maximum absolute atomic E-state index is 5.73. The third-order valence-electron chi connectivity index (χ3n) is 3.85. The van der Waals surface area contributed by atoms with Crippen LogP contribution in [0.3, 0.4) is 0 Å². The predicted molar refractivity (Wildman–Crippen MR) is 91.4 cm³/mol. The van der Waals surface area contributed by atoms with Gasteiger partial charge in [0, 0.05) is 10.9 Å². The molecule has 3 heteroatoms. The minimum Gasteiger partial charge on any atom is -0.271 e. The van der Waals surface area contributed by atoms with Gasteiger partial charge in [-0.05, 0) is 47.0 Å². The van der Waals surface area contributed by atoms with Crippen LogP contribution in [0.15, 0.2) is 60.0 Å². The molecule has 2 aromatic carbocycles. The molecule has 3 N–H and O–H groups in total. The number of thiophene rings is 1. The monoisotopic (exact) mass is 296 g/mol. The molecular formula is C18H20N2S. The van der Waals surface area contributed by atoms with Crippen LogP contribution in [0.1, 0.15) is 16.9 Å². The van der Waals surface area contributed by atoms with Crippen molar-refractivity contribution >= 4 is 22.1 Å². The van der Waals surface area contributed by atoms with E-state index in [2.05, 4.69) is 65.4 Å². The summed E-state index contributed by atoms with van der Waals surface area (Å²) in [5, 5.41) is 4.71. The van der Waals surface area contributed by atoms with Gasteiger partial charge in [-0.25, -0.2) is 0 Å². The summed E-state index contributed by atoms with van der Waals surface area (Å²) < 4.78 is 0. The maximum Gasteiger partial charge on any atom is 0.0254 e. The van der Waals surface area contributed by atoms with Gasteiger partial charge in [-0.2, -0.15) is 0 Å². The number of rotatable bonds is 6. The van der Waals surface area contributed by atoms with Crippen LogP contribution in [-0.4, -0.2) is 6.04 Å². The average Bonchev–Trinajstić information content (AvgIpc) is 3.04. The number of aryl methyl sites for hydroxylation is 1. The number of hydrogen-bond donors (Lipinski definition) is 2. The minimum atomic E-state index is 0.313. The number of fused-ring (bicyclic) bond motifs is 1. The lowest BCUT2D eigenvalue weighted by Crippen LogP contribution is -2.37. The van der Waals surface area contributed by atoms with Crippen LogP contribution in [0.2, 0.25) is 0 Å². The molecule has 1 atom stereocenters. The lowest BCUT2D eigenvalue weighted by atomic mass is 9.99. The molecular weight excluding hydrogens is 276 g/mol. The van der Waals surface area contributed by atoms with Crippen molar-refractivity contribution in [3.8, 4) is 0 Å². The van der Waals surface area contributed by atoms with Crippen molar-refractivity contribution < 1.29 is 0 Å². The molecule has 1 aromatic heterocycles. The maximum atomic E-state index is 5.73. The zero-order valence-electron chi connectivity index (χ0n) is 12.0. The summed E-state index contributed by atoms with van der Waals surface area (Å²) in [6.07, 6.45) is 3.11. The van der Waals surface area contributed by atoms with E-state index in [1.54, 1.807) is 0 Å². The van der Waals surface area contributed by atoms with E-state index in [-0.39, 0.29) is 0 Å². The van der Waals surface area contributed by atoms with E-state index in [1.807, 2.05) is 11.3 Å². The third kappa shape index (κ3) is 3.70. The molecule has 0 saturated heterocycles. The summed E-state index contributed by atoms with van der Waals surface area (Å²) in [4.78, 5) is 1.42. The van der Waals surface area contributed by atoms with Gasteiger partial charge in [0.25, 0.3) is 0 Å². The quantitative estimate of drug-likeness (QED) is 0.534. The van der Waals surface area contributed by atoms with E-state index in [0.29, 0.717) is 6.04 Å². The van der Waals surface area contributed by atoms with Crippen LogP contribution in [0.25, 0.3) is 10.8 Å². The van der Waals surface area contributed by atoms with Crippen molar-refractivity contribution in [1.82, 2.24) is 5.43 Å².